The lowest BCUT2D eigenvalue weighted by Gasteiger charge is -2.21. The molecule has 0 atom stereocenters. The van der Waals surface area contributed by atoms with Gasteiger partial charge >= 0.3 is 0 Å². The van der Waals surface area contributed by atoms with Crippen molar-refractivity contribution in [3.8, 4) is 39.6 Å². The van der Waals surface area contributed by atoms with E-state index in [1.165, 1.54) is 65.2 Å². The Morgan fingerprint density at radius 1 is 0.370 bits per heavy atom. The summed E-state index contributed by atoms with van der Waals surface area (Å²) in [5.74, 6) is 0. The highest BCUT2D eigenvalue weighted by Crippen LogP contribution is 2.49. The molecule has 0 unspecified atom stereocenters. The number of hydrogen-bond acceptors (Lipinski definition) is 2. The molecule has 0 radical (unpaired) electrons. The van der Waals surface area contributed by atoms with E-state index in [1.54, 1.807) is 0 Å². The van der Waals surface area contributed by atoms with Crippen LogP contribution >= 0.6 is 0 Å². The minimum atomic E-state index is 0.686. The largest absolute Gasteiger partial charge is 0.247 e. The van der Waals surface area contributed by atoms with Gasteiger partial charge in [-0.3, -0.25) is 0 Å². The smallest absolute Gasteiger partial charge is 0.0998 e. The van der Waals surface area contributed by atoms with E-state index in [0.717, 1.165) is 43.9 Å². The number of nitrogens with zero attached hydrogens (tertiary/aromatic N) is 2. The van der Waals surface area contributed by atoms with E-state index >= 15 is 0 Å². The Bertz CT molecular complexity index is 3330. The zero-order valence-corrected chi connectivity index (χ0v) is 29.2. The molecule has 0 spiro atoms. The Hall–Kier alpha value is -7.34. The van der Waals surface area contributed by atoms with Crippen LogP contribution in [0.4, 0.5) is 0 Å². The van der Waals surface area contributed by atoms with E-state index in [-0.39, 0.29) is 0 Å². The van der Waals surface area contributed by atoms with Gasteiger partial charge in [0.15, 0.2) is 0 Å². The first-order valence-electron chi connectivity index (χ1n) is 18.4. The van der Waals surface area contributed by atoms with Gasteiger partial charge < -0.3 is 0 Å². The lowest BCUT2D eigenvalue weighted by molar-refractivity contribution is 1.43. The molecule has 2 heteroatoms. The fraction of sp³-hybridized carbons (Fsp3) is 0. The summed E-state index contributed by atoms with van der Waals surface area (Å²) in [4.78, 5) is 5.46. The molecule has 0 amide bonds. The molecule has 1 aromatic heterocycles. The zero-order valence-electron chi connectivity index (χ0n) is 29.2. The molecule has 54 heavy (non-hydrogen) atoms. The molecule has 248 valence electrons. The van der Waals surface area contributed by atoms with Crippen molar-refractivity contribution < 1.29 is 0 Å². The summed E-state index contributed by atoms with van der Waals surface area (Å²) < 4.78 is 0. The number of nitriles is 1. The molecule has 0 N–H and O–H groups in total. The third-order valence-electron chi connectivity index (χ3n) is 11.2. The summed E-state index contributed by atoms with van der Waals surface area (Å²) in [6, 6.07) is 67.5. The van der Waals surface area contributed by atoms with Gasteiger partial charge in [-0.2, -0.15) is 5.26 Å². The molecule has 11 aromatic rings. The number of rotatable bonds is 3. The molecule has 10 aromatic carbocycles. The van der Waals surface area contributed by atoms with E-state index < -0.39 is 0 Å². The van der Waals surface area contributed by atoms with Crippen LogP contribution in [0.2, 0.25) is 0 Å². The van der Waals surface area contributed by atoms with Crippen molar-refractivity contribution >= 4 is 75.5 Å². The lowest BCUT2D eigenvalue weighted by Crippen LogP contribution is -1.95. The third-order valence-corrected chi connectivity index (χ3v) is 11.2. The predicted molar refractivity (Wildman–Crippen MR) is 228 cm³/mol. The first-order chi connectivity index (χ1) is 26.8. The summed E-state index contributed by atoms with van der Waals surface area (Å²) in [7, 11) is 0. The van der Waals surface area contributed by atoms with Crippen LogP contribution in [0.25, 0.3) is 109 Å². The van der Waals surface area contributed by atoms with Crippen LogP contribution in [0.5, 0.6) is 0 Å². The number of pyridine rings is 1. The van der Waals surface area contributed by atoms with Gasteiger partial charge in [-0.1, -0.05) is 158 Å². The molecular formula is C52H30N2. The number of aromatic nitrogens is 1. The summed E-state index contributed by atoms with van der Waals surface area (Å²) in [6.07, 6.45) is 0. The third kappa shape index (κ3) is 4.43. The molecule has 1 heterocycles. The van der Waals surface area contributed by atoms with E-state index in [1.807, 2.05) is 12.1 Å². The van der Waals surface area contributed by atoms with E-state index in [9.17, 15) is 5.26 Å². The first-order valence-corrected chi connectivity index (χ1v) is 18.4. The molecular weight excluding hydrogens is 653 g/mol. The molecule has 0 aliphatic rings. The average molecular weight is 683 g/mol. The normalized spacial score (nSPS) is 11.7. The molecule has 0 aliphatic heterocycles. The van der Waals surface area contributed by atoms with Crippen molar-refractivity contribution in [2.75, 3.05) is 0 Å². The Balaban J connectivity index is 1.32. The molecule has 0 saturated heterocycles. The Labute approximate surface area is 311 Å². The van der Waals surface area contributed by atoms with Crippen molar-refractivity contribution in [3.63, 3.8) is 0 Å². The Morgan fingerprint density at radius 3 is 1.50 bits per heavy atom. The maximum Gasteiger partial charge on any atom is 0.0998 e. The standard InChI is InChI=1S/C52H30N2/c53-31-35-26-27-44(37-19-7-6-18-36(35)37)49-40-22-10-12-24-42(40)50(43-25-13-11-23-41(43)49)45-30-47-51(39-21-9-8-20-38(39)45)46-28-33-16-4-5-17-34(33)29-48(46)54-52(47)32-14-2-1-3-15-32/h1-30H. The number of fused-ring (bicyclic) bond motifs is 9. The van der Waals surface area contributed by atoms with Crippen LogP contribution < -0.4 is 0 Å². The van der Waals surface area contributed by atoms with Crippen molar-refractivity contribution in [3.05, 3.63) is 188 Å². The molecule has 11 rings (SSSR count). The second-order valence-electron chi connectivity index (χ2n) is 14.1. The second kappa shape index (κ2) is 11.9. The van der Waals surface area contributed by atoms with Gasteiger partial charge in [0, 0.05) is 27.1 Å². The van der Waals surface area contributed by atoms with Gasteiger partial charge in [0.05, 0.1) is 22.8 Å². The van der Waals surface area contributed by atoms with Crippen LogP contribution in [0.3, 0.4) is 0 Å². The summed E-state index contributed by atoms with van der Waals surface area (Å²) in [5.41, 5.74) is 8.45. The quantitative estimate of drug-likeness (QED) is 0.137. The number of benzene rings is 10. The maximum atomic E-state index is 10.0. The monoisotopic (exact) mass is 682 g/mol. The van der Waals surface area contributed by atoms with Gasteiger partial charge in [-0.15, -0.1) is 0 Å². The van der Waals surface area contributed by atoms with Gasteiger partial charge in [0.25, 0.3) is 0 Å². The van der Waals surface area contributed by atoms with Crippen LogP contribution in [0, 0.1) is 11.3 Å². The zero-order chi connectivity index (χ0) is 35.8. The average Bonchev–Trinajstić information content (AvgIpc) is 3.24. The van der Waals surface area contributed by atoms with E-state index in [2.05, 4.69) is 176 Å². The summed E-state index contributed by atoms with van der Waals surface area (Å²) >= 11 is 0. The van der Waals surface area contributed by atoms with Crippen molar-refractivity contribution in [2.45, 2.75) is 0 Å². The number of hydrogen-bond donors (Lipinski definition) is 0. The van der Waals surface area contributed by atoms with E-state index in [4.69, 9.17) is 4.98 Å². The Kier molecular flexibility index (Phi) is 6.65. The summed E-state index contributed by atoms with van der Waals surface area (Å²) in [5, 5.41) is 25.1. The minimum absolute atomic E-state index is 0.686. The van der Waals surface area contributed by atoms with Crippen LogP contribution in [-0.4, -0.2) is 4.98 Å². The highest BCUT2D eigenvalue weighted by atomic mass is 14.7. The van der Waals surface area contributed by atoms with Crippen molar-refractivity contribution in [1.82, 2.24) is 4.98 Å². The predicted octanol–water partition coefficient (Wildman–Crippen LogP) is 14.0. The van der Waals surface area contributed by atoms with Crippen molar-refractivity contribution in [1.29, 1.82) is 5.26 Å². The Morgan fingerprint density at radius 2 is 0.870 bits per heavy atom. The molecule has 0 bridgehead atoms. The van der Waals surface area contributed by atoms with Gasteiger partial charge in [0.2, 0.25) is 0 Å². The van der Waals surface area contributed by atoms with Gasteiger partial charge in [-0.05, 0) is 95.0 Å². The molecule has 2 nitrogen and oxygen atoms in total. The highest BCUT2D eigenvalue weighted by molar-refractivity contribution is 6.30. The SMILES string of the molecule is N#Cc1ccc(-c2c3ccccc3c(-c3cc4c(-c5ccccc5)nc5cc6ccccc6cc5c4c4ccccc34)c3ccccc23)c2ccccc12. The fourth-order valence-corrected chi connectivity index (χ4v) is 8.90. The van der Waals surface area contributed by atoms with E-state index in [0.29, 0.717) is 5.56 Å². The van der Waals surface area contributed by atoms with Crippen LogP contribution in [0.15, 0.2) is 182 Å². The van der Waals surface area contributed by atoms with Crippen LogP contribution in [0.1, 0.15) is 5.56 Å². The molecule has 0 aliphatic carbocycles. The second-order valence-corrected chi connectivity index (χ2v) is 14.1. The lowest BCUT2D eigenvalue weighted by atomic mass is 9.82. The van der Waals surface area contributed by atoms with Crippen molar-refractivity contribution in [2.24, 2.45) is 0 Å². The topological polar surface area (TPSA) is 36.7 Å². The van der Waals surface area contributed by atoms with Gasteiger partial charge in [-0.25, -0.2) is 4.98 Å². The molecule has 0 fully saturated rings. The first kappa shape index (κ1) is 30.3. The van der Waals surface area contributed by atoms with Gasteiger partial charge in [0.1, 0.15) is 0 Å². The fourth-order valence-electron chi connectivity index (χ4n) is 8.90. The highest BCUT2D eigenvalue weighted by Gasteiger charge is 2.22. The van der Waals surface area contributed by atoms with Crippen LogP contribution in [-0.2, 0) is 0 Å². The molecule has 0 saturated carbocycles. The summed E-state index contributed by atoms with van der Waals surface area (Å²) in [6.45, 7) is 0. The minimum Gasteiger partial charge on any atom is -0.247 e. The maximum absolute atomic E-state index is 10.0.